The third kappa shape index (κ3) is 6.33. The van der Waals surface area contributed by atoms with Crippen LogP contribution in [-0.2, 0) is 28.5 Å². The highest BCUT2D eigenvalue weighted by atomic mass is 31.2. The summed E-state index contributed by atoms with van der Waals surface area (Å²) in [6, 6.07) is 4.60. The molecular formula is C24H35FN3O7P. The molecule has 1 aliphatic heterocycles. The van der Waals surface area contributed by atoms with Crippen LogP contribution in [0.1, 0.15) is 37.8 Å². The molecule has 12 heteroatoms. The van der Waals surface area contributed by atoms with Crippen LogP contribution in [0.2, 0.25) is 0 Å². The molecule has 1 unspecified atom stereocenters. The molecule has 36 heavy (non-hydrogen) atoms. The number of aromatic nitrogens is 1. The summed E-state index contributed by atoms with van der Waals surface area (Å²) < 4.78 is 37.2. The van der Waals surface area contributed by atoms with Gasteiger partial charge in [-0.3, -0.25) is 14.0 Å². The van der Waals surface area contributed by atoms with Crippen molar-refractivity contribution >= 4 is 13.5 Å². The van der Waals surface area contributed by atoms with Crippen molar-refractivity contribution in [2.24, 2.45) is 0 Å². The number of anilines is 1. The average Bonchev–Trinajstić information content (AvgIpc) is 3.04. The SMILES string of the molecule is CC(C)Oc1ccc(F)cc1N1CCN(CCCn2c(O)c3c(c2O)CC(OP(=O)(O)O)CC3)CC1. The Labute approximate surface area is 210 Å². The number of rotatable bonds is 9. The Bertz CT molecular complexity index is 1110. The predicted molar refractivity (Wildman–Crippen MR) is 132 cm³/mol. The van der Waals surface area contributed by atoms with Gasteiger partial charge in [-0.05, 0) is 51.8 Å². The van der Waals surface area contributed by atoms with Crippen molar-refractivity contribution in [3.05, 3.63) is 35.1 Å². The first kappa shape index (κ1) is 26.8. The van der Waals surface area contributed by atoms with E-state index in [9.17, 15) is 19.2 Å². The van der Waals surface area contributed by atoms with Crippen LogP contribution < -0.4 is 9.64 Å². The van der Waals surface area contributed by atoms with Gasteiger partial charge in [-0.25, -0.2) is 8.96 Å². The zero-order chi connectivity index (χ0) is 26.0. The number of hydrogen-bond donors (Lipinski definition) is 4. The smallest absolute Gasteiger partial charge is 0.469 e. The summed E-state index contributed by atoms with van der Waals surface area (Å²) in [4.78, 5) is 22.6. The third-order valence-corrected chi connectivity index (χ3v) is 7.28. The highest BCUT2D eigenvalue weighted by molar-refractivity contribution is 7.46. The lowest BCUT2D eigenvalue weighted by Gasteiger charge is -2.37. The van der Waals surface area contributed by atoms with E-state index in [1.54, 1.807) is 6.07 Å². The highest BCUT2D eigenvalue weighted by Crippen LogP contribution is 2.44. The number of fused-ring (bicyclic) bond motifs is 1. The number of ether oxygens (including phenoxy) is 1. The summed E-state index contributed by atoms with van der Waals surface area (Å²) in [6.45, 7) is 8.09. The van der Waals surface area contributed by atoms with Crippen molar-refractivity contribution in [2.75, 3.05) is 37.6 Å². The Balaban J connectivity index is 1.31. The summed E-state index contributed by atoms with van der Waals surface area (Å²) >= 11 is 0. The fraction of sp³-hybridized carbons (Fsp3) is 0.583. The standard InChI is InChI=1S/C24H35FN3O7P/c1-16(2)34-22-7-4-17(25)14-21(22)27-12-10-26(11-13-27)8-3-9-28-23(29)19-6-5-18(35-36(31,32)33)15-20(19)24(28)30/h4,7,14,16,18,29-30H,3,5-6,8-13,15H2,1-2H3,(H2,31,32,33). The second kappa shape index (κ2) is 11.0. The molecule has 0 bridgehead atoms. The van der Waals surface area contributed by atoms with Gasteiger partial charge in [-0.15, -0.1) is 0 Å². The van der Waals surface area contributed by atoms with Gasteiger partial charge in [0, 0.05) is 56.3 Å². The van der Waals surface area contributed by atoms with Crippen LogP contribution in [0.15, 0.2) is 18.2 Å². The first-order valence-corrected chi connectivity index (χ1v) is 13.8. The van der Waals surface area contributed by atoms with Crippen molar-refractivity contribution in [3.63, 3.8) is 0 Å². The van der Waals surface area contributed by atoms with Gasteiger partial charge in [-0.2, -0.15) is 0 Å². The lowest BCUT2D eigenvalue weighted by molar-refractivity contribution is 0.122. The van der Waals surface area contributed by atoms with Gasteiger partial charge < -0.3 is 29.6 Å². The average molecular weight is 528 g/mol. The number of phosphoric acid groups is 1. The second-order valence-electron chi connectivity index (χ2n) is 9.68. The number of phosphoric ester groups is 1. The van der Waals surface area contributed by atoms with E-state index in [-0.39, 0.29) is 30.1 Å². The minimum atomic E-state index is -4.62. The largest absolute Gasteiger partial charge is 0.494 e. The summed E-state index contributed by atoms with van der Waals surface area (Å²) in [5.74, 6) is 0.314. The van der Waals surface area contributed by atoms with Crippen LogP contribution in [-0.4, -0.2) is 74.4 Å². The molecule has 1 aromatic heterocycles. The highest BCUT2D eigenvalue weighted by Gasteiger charge is 2.32. The van der Waals surface area contributed by atoms with Crippen molar-refractivity contribution < 1.29 is 38.2 Å². The van der Waals surface area contributed by atoms with Gasteiger partial charge in [-0.1, -0.05) is 0 Å². The maximum absolute atomic E-state index is 13.9. The molecule has 2 aromatic rings. The van der Waals surface area contributed by atoms with Gasteiger partial charge in [0.15, 0.2) is 11.8 Å². The number of halogens is 1. The van der Waals surface area contributed by atoms with E-state index in [0.717, 1.165) is 38.4 Å². The fourth-order valence-corrected chi connectivity index (χ4v) is 5.63. The number of piperazine rings is 1. The molecule has 2 aliphatic rings. The van der Waals surface area contributed by atoms with Gasteiger partial charge in [0.25, 0.3) is 0 Å². The lowest BCUT2D eigenvalue weighted by atomic mass is 9.93. The molecule has 0 saturated carbocycles. The Morgan fingerprint density at radius 1 is 1.08 bits per heavy atom. The van der Waals surface area contributed by atoms with E-state index in [4.69, 9.17) is 19.0 Å². The minimum absolute atomic E-state index is 0.00531. The summed E-state index contributed by atoms with van der Waals surface area (Å²) in [6.07, 6.45) is 0.842. The monoisotopic (exact) mass is 527 g/mol. The van der Waals surface area contributed by atoms with E-state index in [1.165, 1.54) is 16.7 Å². The molecule has 1 saturated heterocycles. The van der Waals surface area contributed by atoms with Crippen molar-refractivity contribution in [3.8, 4) is 17.5 Å². The first-order valence-electron chi connectivity index (χ1n) is 12.3. The zero-order valence-electron chi connectivity index (χ0n) is 20.6. The molecule has 4 N–H and O–H groups in total. The predicted octanol–water partition coefficient (Wildman–Crippen LogP) is 3.00. The normalized spacial score (nSPS) is 19.1. The Morgan fingerprint density at radius 3 is 2.44 bits per heavy atom. The minimum Gasteiger partial charge on any atom is -0.494 e. The first-order chi connectivity index (χ1) is 17.0. The summed E-state index contributed by atoms with van der Waals surface area (Å²) in [5, 5.41) is 21.3. The van der Waals surface area contributed by atoms with Gasteiger partial charge >= 0.3 is 7.82 Å². The fourth-order valence-electron chi connectivity index (χ4n) is 5.06. The van der Waals surface area contributed by atoms with E-state index in [1.807, 2.05) is 13.8 Å². The Hall–Kier alpha value is -2.30. The molecule has 0 radical (unpaired) electrons. The van der Waals surface area contributed by atoms with E-state index >= 15 is 0 Å². The third-order valence-electron chi connectivity index (χ3n) is 6.70. The maximum atomic E-state index is 13.9. The van der Waals surface area contributed by atoms with Crippen LogP contribution >= 0.6 is 7.82 Å². The molecule has 1 aromatic carbocycles. The lowest BCUT2D eigenvalue weighted by Crippen LogP contribution is -2.47. The maximum Gasteiger partial charge on any atom is 0.469 e. The van der Waals surface area contributed by atoms with Crippen LogP contribution in [0.4, 0.5) is 10.1 Å². The van der Waals surface area contributed by atoms with Crippen molar-refractivity contribution in [1.82, 2.24) is 9.47 Å². The molecule has 4 rings (SSSR count). The zero-order valence-corrected chi connectivity index (χ0v) is 21.5. The van der Waals surface area contributed by atoms with Crippen molar-refractivity contribution in [1.29, 1.82) is 0 Å². The molecule has 1 fully saturated rings. The van der Waals surface area contributed by atoms with Gasteiger partial charge in [0.05, 0.1) is 17.9 Å². The van der Waals surface area contributed by atoms with E-state index in [2.05, 4.69) is 9.80 Å². The Kier molecular flexibility index (Phi) is 8.16. The number of nitrogens with zero attached hydrogens (tertiary/aromatic N) is 3. The van der Waals surface area contributed by atoms with Crippen molar-refractivity contribution in [2.45, 2.75) is 58.3 Å². The van der Waals surface area contributed by atoms with Crippen LogP contribution in [0.3, 0.4) is 0 Å². The molecule has 1 atom stereocenters. The van der Waals surface area contributed by atoms with Crippen LogP contribution in [0, 0.1) is 5.82 Å². The molecule has 200 valence electrons. The molecular weight excluding hydrogens is 492 g/mol. The number of benzene rings is 1. The Morgan fingerprint density at radius 2 is 1.78 bits per heavy atom. The summed E-state index contributed by atoms with van der Waals surface area (Å²) in [7, 11) is -4.62. The molecule has 0 amide bonds. The van der Waals surface area contributed by atoms with Crippen LogP contribution in [0.5, 0.6) is 17.5 Å². The number of hydrogen-bond acceptors (Lipinski definition) is 7. The molecule has 2 heterocycles. The van der Waals surface area contributed by atoms with Gasteiger partial charge in [0.2, 0.25) is 0 Å². The molecule has 0 spiro atoms. The molecule has 1 aliphatic carbocycles. The topological polar surface area (TPSA) is 128 Å². The van der Waals surface area contributed by atoms with E-state index < -0.39 is 13.9 Å². The van der Waals surface area contributed by atoms with Gasteiger partial charge in [0.1, 0.15) is 11.6 Å². The second-order valence-corrected chi connectivity index (χ2v) is 10.9. The number of aromatic hydroxyl groups is 2. The quantitative estimate of drug-likeness (QED) is 0.364. The summed E-state index contributed by atoms with van der Waals surface area (Å²) in [5.41, 5.74) is 1.86. The van der Waals surface area contributed by atoms with E-state index in [0.29, 0.717) is 42.7 Å². The molecule has 10 nitrogen and oxygen atoms in total. The van der Waals surface area contributed by atoms with Crippen LogP contribution in [0.25, 0.3) is 0 Å².